The molecule has 8 nitrogen and oxygen atoms in total. The SMILES string of the molecule is O=C(CN1NC2N(CCN2c2ccc(F)cc2)C(=O)C1=O)NCc1ccc(F)cc1. The van der Waals surface area contributed by atoms with Crippen molar-refractivity contribution in [3.05, 3.63) is 65.7 Å². The van der Waals surface area contributed by atoms with Crippen LogP contribution in [-0.4, -0.2) is 53.6 Å². The van der Waals surface area contributed by atoms with Crippen LogP contribution in [0.3, 0.4) is 0 Å². The second kappa shape index (κ2) is 8.07. The number of nitrogens with one attached hydrogen (secondary N) is 2. The van der Waals surface area contributed by atoms with Gasteiger partial charge in [0.15, 0.2) is 6.29 Å². The minimum atomic E-state index is -0.830. The molecule has 0 spiro atoms. The molecule has 1 unspecified atom stereocenters. The van der Waals surface area contributed by atoms with Crippen LogP contribution in [0.1, 0.15) is 5.56 Å². The first-order valence-corrected chi connectivity index (χ1v) is 9.34. The zero-order valence-corrected chi connectivity index (χ0v) is 15.8. The molecule has 0 aromatic heterocycles. The molecule has 2 heterocycles. The summed E-state index contributed by atoms with van der Waals surface area (Å²) in [6.07, 6.45) is -0.662. The highest BCUT2D eigenvalue weighted by molar-refractivity contribution is 6.35. The van der Waals surface area contributed by atoms with Crippen molar-refractivity contribution in [2.75, 3.05) is 24.5 Å². The number of nitrogens with zero attached hydrogens (tertiary/aromatic N) is 3. The highest BCUT2D eigenvalue weighted by Gasteiger charge is 2.45. The molecule has 3 amide bonds. The fourth-order valence-electron chi connectivity index (χ4n) is 3.44. The first kappa shape index (κ1) is 19.8. The normalized spacial score (nSPS) is 18.6. The van der Waals surface area contributed by atoms with Crippen LogP contribution in [0.2, 0.25) is 0 Å². The summed E-state index contributed by atoms with van der Waals surface area (Å²) in [5.41, 5.74) is 4.28. The van der Waals surface area contributed by atoms with E-state index >= 15 is 0 Å². The molecule has 0 radical (unpaired) electrons. The fraction of sp³-hybridized carbons (Fsp3) is 0.250. The predicted octanol–water partition coefficient (Wildman–Crippen LogP) is 0.560. The third-order valence-electron chi connectivity index (χ3n) is 5.00. The summed E-state index contributed by atoms with van der Waals surface area (Å²) in [5.74, 6) is -2.78. The number of rotatable bonds is 5. The second-order valence-electron chi connectivity index (χ2n) is 6.97. The van der Waals surface area contributed by atoms with Gasteiger partial charge in [0.1, 0.15) is 18.2 Å². The van der Waals surface area contributed by atoms with Crippen LogP contribution >= 0.6 is 0 Å². The molecule has 10 heteroatoms. The zero-order valence-electron chi connectivity index (χ0n) is 15.8. The van der Waals surface area contributed by atoms with Gasteiger partial charge in [0.25, 0.3) is 0 Å². The Bertz CT molecular complexity index is 967. The summed E-state index contributed by atoms with van der Waals surface area (Å²) in [5, 5.41) is 3.61. The molecule has 2 saturated heterocycles. The van der Waals surface area contributed by atoms with Gasteiger partial charge < -0.3 is 10.2 Å². The van der Waals surface area contributed by atoms with Crippen LogP contribution in [-0.2, 0) is 20.9 Å². The van der Waals surface area contributed by atoms with E-state index in [1.165, 1.54) is 29.2 Å². The van der Waals surface area contributed by atoms with E-state index in [-0.39, 0.29) is 24.7 Å². The number of benzene rings is 2. The van der Waals surface area contributed by atoms with Crippen molar-refractivity contribution >= 4 is 23.4 Å². The highest BCUT2D eigenvalue weighted by atomic mass is 19.1. The Morgan fingerprint density at radius 2 is 1.53 bits per heavy atom. The number of fused-ring (bicyclic) bond motifs is 1. The van der Waals surface area contributed by atoms with Gasteiger partial charge in [0.05, 0.1) is 0 Å². The number of carbonyl (C=O) groups is 3. The van der Waals surface area contributed by atoms with Crippen LogP contribution in [0.5, 0.6) is 0 Å². The maximum Gasteiger partial charge on any atom is 0.326 e. The van der Waals surface area contributed by atoms with Gasteiger partial charge in [-0.05, 0) is 42.0 Å². The lowest BCUT2D eigenvalue weighted by Gasteiger charge is -2.40. The average molecular weight is 415 g/mol. The van der Waals surface area contributed by atoms with Crippen molar-refractivity contribution in [1.82, 2.24) is 20.7 Å². The van der Waals surface area contributed by atoms with Crippen molar-refractivity contribution in [3.63, 3.8) is 0 Å². The first-order chi connectivity index (χ1) is 14.4. The summed E-state index contributed by atoms with van der Waals surface area (Å²) in [4.78, 5) is 40.3. The van der Waals surface area contributed by atoms with Crippen molar-refractivity contribution in [2.45, 2.75) is 12.8 Å². The van der Waals surface area contributed by atoms with Gasteiger partial charge in [-0.3, -0.25) is 24.3 Å². The first-order valence-electron chi connectivity index (χ1n) is 9.34. The van der Waals surface area contributed by atoms with Crippen molar-refractivity contribution in [1.29, 1.82) is 0 Å². The number of carbonyl (C=O) groups excluding carboxylic acids is 3. The quantitative estimate of drug-likeness (QED) is 0.698. The fourth-order valence-corrected chi connectivity index (χ4v) is 3.44. The van der Waals surface area contributed by atoms with Gasteiger partial charge in [-0.15, -0.1) is 0 Å². The summed E-state index contributed by atoms with van der Waals surface area (Å²) in [6, 6.07) is 11.5. The Morgan fingerprint density at radius 1 is 0.933 bits per heavy atom. The van der Waals surface area contributed by atoms with E-state index in [2.05, 4.69) is 10.7 Å². The lowest BCUT2D eigenvalue weighted by Crippen LogP contribution is -2.68. The smallest absolute Gasteiger partial charge is 0.326 e. The van der Waals surface area contributed by atoms with Gasteiger partial charge >= 0.3 is 11.8 Å². The number of hydrogen-bond acceptors (Lipinski definition) is 5. The van der Waals surface area contributed by atoms with Crippen molar-refractivity contribution in [2.24, 2.45) is 0 Å². The maximum absolute atomic E-state index is 13.2. The van der Waals surface area contributed by atoms with Gasteiger partial charge in [-0.2, -0.15) is 5.43 Å². The van der Waals surface area contributed by atoms with Gasteiger partial charge in [-0.1, -0.05) is 12.1 Å². The molecule has 1 atom stereocenters. The van der Waals surface area contributed by atoms with E-state index < -0.39 is 24.0 Å². The molecule has 2 N–H and O–H groups in total. The average Bonchev–Trinajstić information content (AvgIpc) is 3.16. The lowest BCUT2D eigenvalue weighted by atomic mass is 10.2. The monoisotopic (exact) mass is 415 g/mol. The molecule has 2 fully saturated rings. The van der Waals surface area contributed by atoms with Crippen molar-refractivity contribution in [3.8, 4) is 0 Å². The molecule has 2 aliphatic heterocycles. The Balaban J connectivity index is 1.41. The maximum atomic E-state index is 13.2. The van der Waals surface area contributed by atoms with Gasteiger partial charge in [-0.25, -0.2) is 8.78 Å². The summed E-state index contributed by atoms with van der Waals surface area (Å²) in [7, 11) is 0. The molecule has 0 bridgehead atoms. The number of halogens is 2. The number of amides is 3. The third-order valence-corrected chi connectivity index (χ3v) is 5.00. The summed E-state index contributed by atoms with van der Waals surface area (Å²) >= 11 is 0. The van der Waals surface area contributed by atoms with Crippen LogP contribution in [0.25, 0.3) is 0 Å². The van der Waals surface area contributed by atoms with E-state index in [0.717, 1.165) is 5.01 Å². The summed E-state index contributed by atoms with van der Waals surface area (Å²) in [6.45, 7) is 0.566. The topological polar surface area (TPSA) is 85.0 Å². The van der Waals surface area contributed by atoms with Crippen LogP contribution < -0.4 is 15.6 Å². The molecule has 30 heavy (non-hydrogen) atoms. The summed E-state index contributed by atoms with van der Waals surface area (Å²) < 4.78 is 26.2. The standard InChI is InChI=1S/C20H19F2N5O3/c21-14-3-1-13(2-4-14)11-23-17(28)12-27-19(30)18(29)26-10-9-25(20(26)24-27)16-7-5-15(22)6-8-16/h1-8,20,24H,9-12H2,(H,23,28). The van der Waals surface area contributed by atoms with Crippen LogP contribution in [0.4, 0.5) is 14.5 Å². The van der Waals surface area contributed by atoms with Gasteiger partial charge in [0.2, 0.25) is 5.91 Å². The Labute approximate surface area is 171 Å². The van der Waals surface area contributed by atoms with Crippen LogP contribution in [0.15, 0.2) is 48.5 Å². The molecule has 2 aliphatic rings. The Hall–Kier alpha value is -3.53. The third kappa shape index (κ3) is 3.94. The van der Waals surface area contributed by atoms with E-state index in [1.807, 2.05) is 4.90 Å². The van der Waals surface area contributed by atoms with E-state index in [1.54, 1.807) is 24.3 Å². The van der Waals surface area contributed by atoms with Gasteiger partial charge in [0, 0.05) is 25.3 Å². The molecule has 0 aliphatic carbocycles. The molecule has 0 saturated carbocycles. The second-order valence-corrected chi connectivity index (χ2v) is 6.97. The molecule has 156 valence electrons. The highest BCUT2D eigenvalue weighted by Crippen LogP contribution is 2.25. The molecule has 2 aromatic rings. The molecule has 2 aromatic carbocycles. The van der Waals surface area contributed by atoms with E-state index in [9.17, 15) is 23.2 Å². The van der Waals surface area contributed by atoms with E-state index in [4.69, 9.17) is 0 Å². The molecule has 4 rings (SSSR count). The zero-order chi connectivity index (χ0) is 21.3. The minimum Gasteiger partial charge on any atom is -0.350 e. The number of hydrogen-bond donors (Lipinski definition) is 2. The Morgan fingerprint density at radius 3 is 2.20 bits per heavy atom. The molecular weight excluding hydrogens is 396 g/mol. The molecular formula is C20H19F2N5O3. The van der Waals surface area contributed by atoms with E-state index in [0.29, 0.717) is 24.3 Å². The Kier molecular flexibility index (Phi) is 5.32. The number of hydrazine groups is 1. The minimum absolute atomic E-state index is 0.159. The van der Waals surface area contributed by atoms with Crippen LogP contribution in [0, 0.1) is 11.6 Å². The largest absolute Gasteiger partial charge is 0.350 e. The van der Waals surface area contributed by atoms with Crippen molar-refractivity contribution < 1.29 is 23.2 Å². The predicted molar refractivity (Wildman–Crippen MR) is 102 cm³/mol. The lowest BCUT2D eigenvalue weighted by molar-refractivity contribution is -0.163. The number of anilines is 1.